The molecule has 0 amide bonds. The first-order chi connectivity index (χ1) is 8.92. The third-order valence-corrected chi connectivity index (χ3v) is 4.21. The average Bonchev–Trinajstić information content (AvgIpc) is 2.95. The highest BCUT2D eigenvalue weighted by Gasteiger charge is 2.25. The predicted octanol–water partition coefficient (Wildman–Crippen LogP) is 2.01. The molecular formula is C15H25Cl2N3. The molecular weight excluding hydrogens is 293 g/mol. The molecule has 0 spiro atoms. The van der Waals surface area contributed by atoms with Crippen molar-refractivity contribution in [3.05, 3.63) is 35.9 Å². The molecule has 1 aromatic rings. The van der Waals surface area contributed by atoms with Crippen molar-refractivity contribution in [2.75, 3.05) is 39.3 Å². The summed E-state index contributed by atoms with van der Waals surface area (Å²) in [5.41, 5.74) is 1.44. The summed E-state index contributed by atoms with van der Waals surface area (Å²) >= 11 is 0. The van der Waals surface area contributed by atoms with Gasteiger partial charge in [-0.15, -0.1) is 24.8 Å². The first kappa shape index (κ1) is 17.7. The van der Waals surface area contributed by atoms with Crippen molar-refractivity contribution in [2.24, 2.45) is 0 Å². The average molecular weight is 318 g/mol. The van der Waals surface area contributed by atoms with Gasteiger partial charge in [0.15, 0.2) is 0 Å². The zero-order chi connectivity index (χ0) is 12.2. The van der Waals surface area contributed by atoms with E-state index >= 15 is 0 Å². The van der Waals surface area contributed by atoms with Gasteiger partial charge in [0.05, 0.1) is 0 Å². The van der Waals surface area contributed by atoms with Crippen molar-refractivity contribution in [3.8, 4) is 0 Å². The van der Waals surface area contributed by atoms with Crippen molar-refractivity contribution in [3.63, 3.8) is 0 Å². The molecule has 1 unspecified atom stereocenters. The van der Waals surface area contributed by atoms with Gasteiger partial charge in [0, 0.05) is 45.3 Å². The van der Waals surface area contributed by atoms with Gasteiger partial charge in [0.25, 0.3) is 0 Å². The number of hydrogen-bond acceptors (Lipinski definition) is 3. The normalized spacial score (nSPS) is 23.9. The Hall–Kier alpha value is -0.320. The van der Waals surface area contributed by atoms with Crippen LogP contribution < -0.4 is 5.32 Å². The molecule has 0 saturated carbocycles. The van der Waals surface area contributed by atoms with Crippen LogP contribution >= 0.6 is 24.8 Å². The number of benzene rings is 1. The summed E-state index contributed by atoms with van der Waals surface area (Å²) in [6.07, 6.45) is 1.33. The van der Waals surface area contributed by atoms with Gasteiger partial charge < -0.3 is 5.32 Å². The lowest BCUT2D eigenvalue weighted by Crippen LogP contribution is -2.50. The molecule has 1 N–H and O–H groups in total. The van der Waals surface area contributed by atoms with Crippen LogP contribution in [0.1, 0.15) is 12.0 Å². The summed E-state index contributed by atoms with van der Waals surface area (Å²) in [7, 11) is 0. The number of piperazine rings is 1. The van der Waals surface area contributed by atoms with Gasteiger partial charge in [-0.1, -0.05) is 30.3 Å². The van der Waals surface area contributed by atoms with Crippen LogP contribution in [0.3, 0.4) is 0 Å². The molecule has 1 aromatic carbocycles. The van der Waals surface area contributed by atoms with E-state index in [1.165, 1.54) is 51.3 Å². The summed E-state index contributed by atoms with van der Waals surface area (Å²) < 4.78 is 0. The number of halogens is 2. The number of rotatable bonds is 3. The van der Waals surface area contributed by atoms with Gasteiger partial charge in [0.1, 0.15) is 0 Å². The Balaban J connectivity index is 0.000001000. The van der Waals surface area contributed by atoms with E-state index in [0.29, 0.717) is 0 Å². The summed E-state index contributed by atoms with van der Waals surface area (Å²) in [4.78, 5) is 5.25. The van der Waals surface area contributed by atoms with Gasteiger partial charge in [-0.25, -0.2) is 0 Å². The second-order valence-electron chi connectivity index (χ2n) is 5.44. The summed E-state index contributed by atoms with van der Waals surface area (Å²) in [5.74, 6) is 0. The van der Waals surface area contributed by atoms with Crippen LogP contribution in [0.4, 0.5) is 0 Å². The topological polar surface area (TPSA) is 18.5 Å². The Morgan fingerprint density at radius 2 is 1.70 bits per heavy atom. The molecule has 0 aromatic heterocycles. The lowest BCUT2D eigenvalue weighted by molar-refractivity contribution is 0.0981. The molecule has 0 aliphatic carbocycles. The van der Waals surface area contributed by atoms with Gasteiger partial charge in [0.2, 0.25) is 0 Å². The van der Waals surface area contributed by atoms with Crippen LogP contribution in [-0.2, 0) is 6.54 Å². The second kappa shape index (κ2) is 8.85. The minimum atomic E-state index is 0. The first-order valence-electron chi connectivity index (χ1n) is 7.13. The van der Waals surface area contributed by atoms with E-state index < -0.39 is 0 Å². The van der Waals surface area contributed by atoms with Crippen LogP contribution in [0, 0.1) is 0 Å². The van der Waals surface area contributed by atoms with Gasteiger partial charge >= 0.3 is 0 Å². The molecule has 2 aliphatic rings. The Morgan fingerprint density at radius 1 is 1.00 bits per heavy atom. The third kappa shape index (κ3) is 4.61. The summed E-state index contributed by atoms with van der Waals surface area (Å²) in [6.45, 7) is 8.40. The summed E-state index contributed by atoms with van der Waals surface area (Å²) in [5, 5.41) is 3.47. The van der Waals surface area contributed by atoms with Crippen LogP contribution in [0.15, 0.2) is 30.3 Å². The van der Waals surface area contributed by atoms with E-state index in [4.69, 9.17) is 0 Å². The molecule has 20 heavy (non-hydrogen) atoms. The minimum Gasteiger partial charge on any atom is -0.315 e. The fourth-order valence-corrected chi connectivity index (χ4v) is 3.08. The fourth-order valence-electron chi connectivity index (χ4n) is 3.08. The molecule has 2 aliphatic heterocycles. The van der Waals surface area contributed by atoms with E-state index in [2.05, 4.69) is 45.4 Å². The maximum absolute atomic E-state index is 3.47. The highest BCUT2D eigenvalue weighted by Crippen LogP contribution is 2.13. The molecule has 0 radical (unpaired) electrons. The van der Waals surface area contributed by atoms with E-state index in [0.717, 1.165) is 12.6 Å². The van der Waals surface area contributed by atoms with Gasteiger partial charge in [-0.3, -0.25) is 9.80 Å². The van der Waals surface area contributed by atoms with Crippen LogP contribution in [0.25, 0.3) is 0 Å². The van der Waals surface area contributed by atoms with Crippen molar-refractivity contribution in [1.82, 2.24) is 15.1 Å². The van der Waals surface area contributed by atoms with E-state index in [-0.39, 0.29) is 24.8 Å². The Bertz CT molecular complexity index is 361. The van der Waals surface area contributed by atoms with E-state index in [1.807, 2.05) is 0 Å². The molecule has 1 atom stereocenters. The monoisotopic (exact) mass is 317 g/mol. The van der Waals surface area contributed by atoms with Crippen molar-refractivity contribution >= 4 is 24.8 Å². The Kier molecular flexibility index (Phi) is 7.85. The lowest BCUT2D eigenvalue weighted by atomic mass is 10.1. The Labute approximate surface area is 134 Å². The molecule has 2 heterocycles. The fraction of sp³-hybridized carbons (Fsp3) is 0.600. The number of nitrogens with zero attached hydrogens (tertiary/aromatic N) is 2. The number of nitrogens with one attached hydrogen (secondary N) is 1. The highest BCUT2D eigenvalue weighted by atomic mass is 35.5. The zero-order valence-electron chi connectivity index (χ0n) is 11.8. The third-order valence-electron chi connectivity index (χ3n) is 4.21. The SMILES string of the molecule is Cl.Cl.c1ccc(CN2CCN(C3CCNC3)CC2)cc1. The standard InChI is InChI=1S/C15H23N3.2ClH/c1-2-4-14(5-3-1)13-17-8-10-18(11-9-17)15-6-7-16-12-15;;/h1-5,15-16H,6-13H2;2*1H. The minimum absolute atomic E-state index is 0. The summed E-state index contributed by atoms with van der Waals surface area (Å²) in [6, 6.07) is 11.6. The highest BCUT2D eigenvalue weighted by molar-refractivity contribution is 5.85. The lowest BCUT2D eigenvalue weighted by Gasteiger charge is -2.37. The molecule has 3 nitrogen and oxygen atoms in total. The van der Waals surface area contributed by atoms with Crippen molar-refractivity contribution in [2.45, 2.75) is 19.0 Å². The van der Waals surface area contributed by atoms with Crippen molar-refractivity contribution < 1.29 is 0 Å². The van der Waals surface area contributed by atoms with Gasteiger partial charge in [-0.05, 0) is 18.5 Å². The maximum atomic E-state index is 3.47. The largest absolute Gasteiger partial charge is 0.315 e. The van der Waals surface area contributed by atoms with Crippen LogP contribution in [0.5, 0.6) is 0 Å². The molecule has 2 fully saturated rings. The second-order valence-corrected chi connectivity index (χ2v) is 5.44. The predicted molar refractivity (Wildman–Crippen MR) is 89.1 cm³/mol. The van der Waals surface area contributed by atoms with E-state index in [9.17, 15) is 0 Å². The quantitative estimate of drug-likeness (QED) is 0.920. The smallest absolute Gasteiger partial charge is 0.0234 e. The van der Waals surface area contributed by atoms with E-state index in [1.54, 1.807) is 0 Å². The molecule has 3 rings (SSSR count). The first-order valence-corrected chi connectivity index (χ1v) is 7.13. The Morgan fingerprint density at radius 3 is 2.30 bits per heavy atom. The van der Waals surface area contributed by atoms with Crippen molar-refractivity contribution in [1.29, 1.82) is 0 Å². The maximum Gasteiger partial charge on any atom is 0.0234 e. The molecule has 5 heteroatoms. The van der Waals surface area contributed by atoms with Crippen LogP contribution in [-0.4, -0.2) is 55.1 Å². The van der Waals surface area contributed by atoms with Gasteiger partial charge in [-0.2, -0.15) is 0 Å². The molecule has 2 saturated heterocycles. The van der Waals surface area contributed by atoms with Crippen LogP contribution in [0.2, 0.25) is 0 Å². The number of hydrogen-bond donors (Lipinski definition) is 1. The molecule has 114 valence electrons. The molecule has 0 bridgehead atoms. The zero-order valence-corrected chi connectivity index (χ0v) is 13.5.